The van der Waals surface area contributed by atoms with Gasteiger partial charge in [-0.05, 0) is 30.7 Å². The number of nitrogens with zero attached hydrogens (tertiary/aromatic N) is 1. The van der Waals surface area contributed by atoms with E-state index in [0.29, 0.717) is 23.0 Å². The molecule has 1 aliphatic carbocycles. The van der Waals surface area contributed by atoms with Gasteiger partial charge in [0.25, 0.3) is 0 Å². The summed E-state index contributed by atoms with van der Waals surface area (Å²) >= 11 is 1.56. The molecule has 1 aromatic heterocycles. The number of anilines is 1. The number of hydrogen-bond donors (Lipinski definition) is 2. The summed E-state index contributed by atoms with van der Waals surface area (Å²) < 4.78 is 0. The first-order valence-corrected chi connectivity index (χ1v) is 7.63. The van der Waals surface area contributed by atoms with Crippen LogP contribution in [0.4, 0.5) is 5.00 Å². The third kappa shape index (κ3) is 3.27. The average molecular weight is 289 g/mol. The topological polar surface area (TPSA) is 64.9 Å². The van der Waals surface area contributed by atoms with Crippen molar-refractivity contribution in [2.75, 3.05) is 18.4 Å². The van der Waals surface area contributed by atoms with Crippen LogP contribution in [-0.4, -0.2) is 19.0 Å². The predicted molar refractivity (Wildman–Crippen MR) is 81.9 cm³/mol. The SMILES string of the molecule is C=CCNCC(=O)Nc1sc2c(c1C#N)CCC(C)C2. The maximum absolute atomic E-state index is 11.8. The van der Waals surface area contributed by atoms with E-state index in [1.165, 1.54) is 4.88 Å². The van der Waals surface area contributed by atoms with E-state index >= 15 is 0 Å². The molecule has 0 bridgehead atoms. The zero-order valence-corrected chi connectivity index (χ0v) is 12.5. The van der Waals surface area contributed by atoms with Crippen LogP contribution in [0, 0.1) is 17.2 Å². The van der Waals surface area contributed by atoms with Gasteiger partial charge in [-0.1, -0.05) is 13.0 Å². The summed E-state index contributed by atoms with van der Waals surface area (Å²) in [7, 11) is 0. The van der Waals surface area contributed by atoms with Crippen molar-refractivity contribution in [3.05, 3.63) is 28.7 Å². The second-order valence-corrected chi connectivity index (χ2v) is 6.24. The molecule has 2 N–H and O–H groups in total. The summed E-state index contributed by atoms with van der Waals surface area (Å²) in [4.78, 5) is 13.1. The molecule has 20 heavy (non-hydrogen) atoms. The molecule has 1 aliphatic rings. The normalized spacial score (nSPS) is 17.1. The van der Waals surface area contributed by atoms with Gasteiger partial charge in [0.2, 0.25) is 5.91 Å². The second-order valence-electron chi connectivity index (χ2n) is 5.14. The van der Waals surface area contributed by atoms with E-state index < -0.39 is 0 Å². The molecule has 106 valence electrons. The van der Waals surface area contributed by atoms with E-state index in [-0.39, 0.29) is 12.5 Å². The summed E-state index contributed by atoms with van der Waals surface area (Å²) in [6.45, 7) is 6.64. The molecule has 0 fully saturated rings. The van der Waals surface area contributed by atoms with Crippen LogP contribution in [0.3, 0.4) is 0 Å². The summed E-state index contributed by atoms with van der Waals surface area (Å²) in [6, 6.07) is 2.25. The van der Waals surface area contributed by atoms with E-state index in [9.17, 15) is 10.1 Å². The van der Waals surface area contributed by atoms with Crippen LogP contribution < -0.4 is 10.6 Å². The Labute approximate surface area is 123 Å². The van der Waals surface area contributed by atoms with Gasteiger partial charge in [0.15, 0.2) is 0 Å². The van der Waals surface area contributed by atoms with Crippen molar-refractivity contribution in [3.8, 4) is 6.07 Å². The standard InChI is InChI=1S/C15H19N3OS/c1-3-6-17-9-14(19)18-15-12(8-16)11-5-4-10(2)7-13(11)20-15/h3,10,17H,1,4-7,9H2,2H3,(H,18,19). The second kappa shape index (κ2) is 6.69. The zero-order valence-electron chi connectivity index (χ0n) is 11.7. The molecule has 1 unspecified atom stereocenters. The Balaban J connectivity index is 2.10. The van der Waals surface area contributed by atoms with Crippen LogP contribution in [0.5, 0.6) is 0 Å². The van der Waals surface area contributed by atoms with Gasteiger partial charge in [-0.2, -0.15) is 5.26 Å². The van der Waals surface area contributed by atoms with Crippen LogP contribution in [0.15, 0.2) is 12.7 Å². The number of thiophene rings is 1. The van der Waals surface area contributed by atoms with Gasteiger partial charge < -0.3 is 10.6 Å². The van der Waals surface area contributed by atoms with E-state index in [1.807, 2.05) is 0 Å². The molecule has 0 radical (unpaired) electrons. The highest BCUT2D eigenvalue weighted by Crippen LogP contribution is 2.39. The minimum absolute atomic E-state index is 0.116. The molecular formula is C15H19N3OS. The van der Waals surface area contributed by atoms with Gasteiger partial charge in [0.05, 0.1) is 12.1 Å². The lowest BCUT2D eigenvalue weighted by molar-refractivity contribution is -0.115. The maximum atomic E-state index is 11.8. The average Bonchev–Trinajstić information content (AvgIpc) is 2.75. The summed E-state index contributed by atoms with van der Waals surface area (Å²) in [5.74, 6) is 0.542. The van der Waals surface area contributed by atoms with Gasteiger partial charge in [0, 0.05) is 11.4 Å². The fourth-order valence-electron chi connectivity index (χ4n) is 2.42. The first-order valence-electron chi connectivity index (χ1n) is 6.81. The zero-order chi connectivity index (χ0) is 14.5. The molecule has 1 aromatic rings. The number of fused-ring (bicyclic) bond motifs is 1. The number of nitrogens with one attached hydrogen (secondary N) is 2. The van der Waals surface area contributed by atoms with Gasteiger partial charge >= 0.3 is 0 Å². The van der Waals surface area contributed by atoms with E-state index in [2.05, 4.69) is 30.2 Å². The molecular weight excluding hydrogens is 270 g/mol. The quantitative estimate of drug-likeness (QED) is 0.646. The van der Waals surface area contributed by atoms with Crippen molar-refractivity contribution in [3.63, 3.8) is 0 Å². The largest absolute Gasteiger partial charge is 0.315 e. The Hall–Kier alpha value is -1.64. The van der Waals surface area contributed by atoms with Gasteiger partial charge in [-0.3, -0.25) is 4.79 Å². The van der Waals surface area contributed by atoms with Crippen molar-refractivity contribution in [2.24, 2.45) is 5.92 Å². The van der Waals surface area contributed by atoms with Crippen molar-refractivity contribution < 1.29 is 4.79 Å². The molecule has 0 saturated heterocycles. The van der Waals surface area contributed by atoms with Crippen LogP contribution in [0.2, 0.25) is 0 Å². The van der Waals surface area contributed by atoms with Crippen molar-refractivity contribution in [1.82, 2.24) is 5.32 Å². The van der Waals surface area contributed by atoms with E-state index in [0.717, 1.165) is 24.8 Å². The fraction of sp³-hybridized carbons (Fsp3) is 0.467. The molecule has 0 spiro atoms. The molecule has 2 rings (SSSR count). The number of amides is 1. The fourth-order valence-corrected chi connectivity index (χ4v) is 3.79. The van der Waals surface area contributed by atoms with Crippen molar-refractivity contribution in [2.45, 2.75) is 26.2 Å². The van der Waals surface area contributed by atoms with Gasteiger partial charge in [0.1, 0.15) is 11.1 Å². The molecule has 0 aliphatic heterocycles. The highest BCUT2D eigenvalue weighted by Gasteiger charge is 2.24. The van der Waals surface area contributed by atoms with Crippen LogP contribution in [0.25, 0.3) is 0 Å². The lowest BCUT2D eigenvalue weighted by Gasteiger charge is -2.17. The van der Waals surface area contributed by atoms with Crippen LogP contribution in [-0.2, 0) is 17.6 Å². The Morgan fingerprint density at radius 3 is 3.15 bits per heavy atom. The summed E-state index contributed by atoms with van der Waals surface area (Å²) in [6.07, 6.45) is 4.78. The first-order chi connectivity index (χ1) is 9.65. The third-order valence-corrected chi connectivity index (χ3v) is 4.62. The first kappa shape index (κ1) is 14.8. The predicted octanol–water partition coefficient (Wildman–Crippen LogP) is 2.46. The highest BCUT2D eigenvalue weighted by atomic mass is 32.1. The maximum Gasteiger partial charge on any atom is 0.238 e. The molecule has 1 heterocycles. The Kier molecular flexibility index (Phi) is 4.94. The molecule has 4 nitrogen and oxygen atoms in total. The number of carbonyl (C=O) groups is 1. The minimum Gasteiger partial charge on any atom is -0.315 e. The van der Waals surface area contributed by atoms with E-state index in [1.54, 1.807) is 17.4 Å². The third-order valence-electron chi connectivity index (χ3n) is 3.45. The molecule has 5 heteroatoms. The van der Waals surface area contributed by atoms with Gasteiger partial charge in [-0.25, -0.2) is 0 Å². The highest BCUT2D eigenvalue weighted by molar-refractivity contribution is 7.16. The Morgan fingerprint density at radius 2 is 2.45 bits per heavy atom. The summed E-state index contributed by atoms with van der Waals surface area (Å²) in [5.41, 5.74) is 1.80. The lowest BCUT2D eigenvalue weighted by atomic mass is 9.89. The minimum atomic E-state index is -0.116. The van der Waals surface area contributed by atoms with Crippen molar-refractivity contribution >= 4 is 22.2 Å². The van der Waals surface area contributed by atoms with E-state index in [4.69, 9.17) is 0 Å². The molecule has 1 atom stereocenters. The Morgan fingerprint density at radius 1 is 1.65 bits per heavy atom. The lowest BCUT2D eigenvalue weighted by Crippen LogP contribution is -2.28. The molecule has 1 amide bonds. The smallest absolute Gasteiger partial charge is 0.238 e. The van der Waals surface area contributed by atoms with Gasteiger partial charge in [-0.15, -0.1) is 17.9 Å². The number of rotatable bonds is 5. The Bertz CT molecular complexity index is 556. The van der Waals surface area contributed by atoms with Crippen molar-refractivity contribution in [1.29, 1.82) is 5.26 Å². The molecule has 0 saturated carbocycles. The number of hydrogen-bond acceptors (Lipinski definition) is 4. The number of nitriles is 1. The molecule has 0 aromatic carbocycles. The number of carbonyl (C=O) groups excluding carboxylic acids is 1. The van der Waals surface area contributed by atoms with Crippen LogP contribution in [0.1, 0.15) is 29.3 Å². The monoisotopic (exact) mass is 289 g/mol. The summed E-state index contributed by atoms with van der Waals surface area (Å²) in [5, 5.41) is 15.8. The van der Waals surface area contributed by atoms with Crippen LogP contribution >= 0.6 is 11.3 Å².